The zero-order chi connectivity index (χ0) is 24.6. The molecule has 0 aromatic heterocycles. The van der Waals surface area contributed by atoms with E-state index in [0.29, 0.717) is 5.56 Å². The van der Waals surface area contributed by atoms with E-state index in [1.54, 1.807) is 7.11 Å². The molecule has 3 rings (SSSR count). The highest BCUT2D eigenvalue weighted by Crippen LogP contribution is 2.32. The minimum absolute atomic E-state index is 0.256. The zero-order valence-electron chi connectivity index (χ0n) is 17.4. The van der Waals surface area contributed by atoms with Crippen molar-refractivity contribution < 1.29 is 40.4 Å². The number of benzene rings is 3. The van der Waals surface area contributed by atoms with E-state index in [-0.39, 0.29) is 16.9 Å². The number of hydrogen-bond donors (Lipinski definition) is 0. The van der Waals surface area contributed by atoms with Crippen LogP contribution in [0.15, 0.2) is 93.5 Å². The number of hydrogen-bond acceptors (Lipinski definition) is 6. The number of ether oxygens (including phenoxy) is 2. The molecule has 1 atom stereocenters. The summed E-state index contributed by atoms with van der Waals surface area (Å²) in [6.45, 7) is 0. The highest BCUT2D eigenvalue weighted by atomic mass is 32.2. The first-order valence-electron chi connectivity index (χ1n) is 9.12. The van der Waals surface area contributed by atoms with Gasteiger partial charge in [-0.3, -0.25) is 0 Å². The van der Waals surface area contributed by atoms with E-state index in [2.05, 4.69) is 24.3 Å². The number of halogens is 3. The Morgan fingerprint density at radius 3 is 1.64 bits per heavy atom. The summed E-state index contributed by atoms with van der Waals surface area (Å²) in [6.07, 6.45) is 0. The number of methoxy groups -OCH3 is 2. The molecule has 0 aliphatic carbocycles. The Labute approximate surface area is 192 Å². The maximum absolute atomic E-state index is 11.7. The van der Waals surface area contributed by atoms with Crippen molar-refractivity contribution in [2.75, 3.05) is 14.2 Å². The Balaban J connectivity index is 0.000000414. The average Bonchev–Trinajstić information content (AvgIpc) is 2.79. The van der Waals surface area contributed by atoms with Gasteiger partial charge < -0.3 is 14.0 Å². The van der Waals surface area contributed by atoms with Crippen LogP contribution in [0.4, 0.5) is 13.2 Å². The molecule has 0 fully saturated rings. The molecule has 33 heavy (non-hydrogen) atoms. The third-order valence-electron chi connectivity index (χ3n) is 4.07. The van der Waals surface area contributed by atoms with Crippen LogP contribution >= 0.6 is 0 Å². The summed E-state index contributed by atoms with van der Waals surface area (Å²) >= 11 is 0. The summed E-state index contributed by atoms with van der Waals surface area (Å²) in [5, 5.41) is 0. The van der Waals surface area contributed by atoms with E-state index < -0.39 is 15.6 Å². The van der Waals surface area contributed by atoms with Crippen molar-refractivity contribution >= 4 is 27.0 Å². The van der Waals surface area contributed by atoms with Crippen LogP contribution < -0.4 is 4.74 Å². The fourth-order valence-corrected chi connectivity index (χ4v) is 4.58. The summed E-state index contributed by atoms with van der Waals surface area (Å²) in [7, 11) is -3.29. The summed E-state index contributed by atoms with van der Waals surface area (Å²) in [5.41, 5.74) is -5.09. The Morgan fingerprint density at radius 2 is 1.24 bits per heavy atom. The normalized spacial score (nSPS) is 12.2. The average molecular weight is 501 g/mol. The van der Waals surface area contributed by atoms with E-state index in [0.717, 1.165) is 10.6 Å². The van der Waals surface area contributed by atoms with E-state index in [1.165, 1.54) is 16.9 Å². The number of alkyl halides is 3. The van der Waals surface area contributed by atoms with Gasteiger partial charge in [-0.25, -0.2) is 13.2 Å². The predicted octanol–water partition coefficient (Wildman–Crippen LogP) is 4.63. The molecule has 1 unspecified atom stereocenters. The van der Waals surface area contributed by atoms with Crippen LogP contribution in [0.3, 0.4) is 0 Å². The van der Waals surface area contributed by atoms with Gasteiger partial charge in [0, 0.05) is 0 Å². The summed E-state index contributed by atoms with van der Waals surface area (Å²) in [4.78, 5) is 15.2. The highest BCUT2D eigenvalue weighted by Gasteiger charge is 2.37. The van der Waals surface area contributed by atoms with Gasteiger partial charge in [-0.05, 0) is 60.7 Å². The molecular formula is C22H19F3O6S2. The second kappa shape index (κ2) is 11.2. The molecule has 0 aliphatic heterocycles. The molecule has 3 aromatic carbocycles. The lowest BCUT2D eigenvalue weighted by molar-refractivity contribution is -0.0517. The van der Waals surface area contributed by atoms with E-state index in [1.807, 2.05) is 54.6 Å². The van der Waals surface area contributed by atoms with Gasteiger partial charge in [0.05, 0.1) is 30.7 Å². The van der Waals surface area contributed by atoms with Crippen molar-refractivity contribution in [2.24, 2.45) is 0 Å². The fourth-order valence-electron chi connectivity index (χ4n) is 2.52. The summed E-state index contributed by atoms with van der Waals surface area (Å²) in [5.74, 6) is 0.511. The molecule has 0 N–H and O–H groups in total. The minimum Gasteiger partial charge on any atom is -0.741 e. The molecule has 3 aromatic rings. The van der Waals surface area contributed by atoms with E-state index in [4.69, 9.17) is 22.4 Å². The second-order valence-corrected chi connectivity index (χ2v) is 9.61. The van der Waals surface area contributed by atoms with Gasteiger partial charge in [0.15, 0.2) is 24.8 Å². The lowest BCUT2D eigenvalue weighted by Crippen LogP contribution is -2.21. The minimum atomic E-state index is -6.09. The maximum atomic E-state index is 11.7. The highest BCUT2D eigenvalue weighted by molar-refractivity contribution is 7.97. The third kappa shape index (κ3) is 7.24. The molecule has 0 radical (unpaired) electrons. The quantitative estimate of drug-likeness (QED) is 0.220. The van der Waals surface area contributed by atoms with E-state index in [9.17, 15) is 18.0 Å². The number of esters is 1. The summed E-state index contributed by atoms with van der Waals surface area (Å²) < 4.78 is 69.0. The van der Waals surface area contributed by atoms with Crippen LogP contribution in [-0.2, 0) is 25.7 Å². The lowest BCUT2D eigenvalue weighted by atomic mass is 10.2. The molecule has 0 aliphatic rings. The lowest BCUT2D eigenvalue weighted by Gasteiger charge is -2.09. The standard InChI is InChI=1S/C21H19O3S.CHF3O3S/c1-23-17-10-14-20(15-11-17)25(18-6-4-3-5-7-18)19-12-8-16(9-13-19)21(22)24-2;2-1(3,4)8(5,6)7/h3-15H,1-2H3;(H,5,6,7)/q+1;/p-1. The Morgan fingerprint density at radius 1 is 0.818 bits per heavy atom. The number of carbonyl (C=O) groups is 1. The molecule has 0 saturated heterocycles. The van der Waals surface area contributed by atoms with Crippen LogP contribution in [0.1, 0.15) is 10.4 Å². The monoisotopic (exact) mass is 500 g/mol. The van der Waals surface area contributed by atoms with Gasteiger partial charge >= 0.3 is 11.5 Å². The van der Waals surface area contributed by atoms with Gasteiger partial charge in [0.2, 0.25) is 0 Å². The first kappa shape index (κ1) is 26.2. The van der Waals surface area contributed by atoms with Crippen molar-refractivity contribution in [3.05, 3.63) is 84.4 Å². The van der Waals surface area contributed by atoms with Crippen molar-refractivity contribution in [3.63, 3.8) is 0 Å². The Bertz CT molecular complexity index is 1150. The molecule has 0 bridgehead atoms. The number of carbonyl (C=O) groups excluding carboxylic acids is 1. The van der Waals surface area contributed by atoms with Crippen molar-refractivity contribution in [1.29, 1.82) is 0 Å². The van der Waals surface area contributed by atoms with Crippen molar-refractivity contribution in [2.45, 2.75) is 20.2 Å². The van der Waals surface area contributed by atoms with E-state index >= 15 is 0 Å². The maximum Gasteiger partial charge on any atom is 0.485 e. The Kier molecular flexibility index (Phi) is 8.91. The second-order valence-electron chi connectivity index (χ2n) is 6.21. The van der Waals surface area contributed by atoms with Crippen LogP contribution in [0.5, 0.6) is 5.75 Å². The fraction of sp³-hybridized carbons (Fsp3) is 0.136. The molecule has 176 valence electrons. The largest absolute Gasteiger partial charge is 0.741 e. The van der Waals surface area contributed by atoms with Crippen LogP contribution in [0.2, 0.25) is 0 Å². The Hall–Kier alpha value is -3.02. The molecule has 0 heterocycles. The van der Waals surface area contributed by atoms with Crippen LogP contribution in [0.25, 0.3) is 0 Å². The molecular weight excluding hydrogens is 481 g/mol. The predicted molar refractivity (Wildman–Crippen MR) is 115 cm³/mol. The van der Waals surface area contributed by atoms with Crippen LogP contribution in [0, 0.1) is 0 Å². The zero-order valence-corrected chi connectivity index (χ0v) is 19.0. The first-order valence-corrected chi connectivity index (χ1v) is 11.7. The van der Waals surface area contributed by atoms with Crippen LogP contribution in [-0.4, -0.2) is 38.7 Å². The van der Waals surface area contributed by atoms with Gasteiger partial charge in [-0.15, -0.1) is 0 Å². The molecule has 6 nitrogen and oxygen atoms in total. The van der Waals surface area contributed by atoms with Crippen molar-refractivity contribution in [3.8, 4) is 5.75 Å². The van der Waals surface area contributed by atoms with Gasteiger partial charge in [0.25, 0.3) is 0 Å². The molecule has 0 spiro atoms. The summed E-state index contributed by atoms with van der Waals surface area (Å²) in [6, 6.07) is 26.1. The smallest absolute Gasteiger partial charge is 0.485 e. The molecule has 11 heteroatoms. The topological polar surface area (TPSA) is 92.7 Å². The first-order chi connectivity index (χ1) is 15.5. The van der Waals surface area contributed by atoms with Gasteiger partial charge in [-0.1, -0.05) is 18.2 Å². The van der Waals surface area contributed by atoms with Gasteiger partial charge in [0.1, 0.15) is 5.75 Å². The molecule has 0 saturated carbocycles. The number of rotatable bonds is 5. The SMILES string of the molecule is COC(=O)c1ccc([S+](c2ccccc2)c2ccc(OC)cc2)cc1.O=S(=O)([O-])C(F)(F)F. The third-order valence-corrected chi connectivity index (χ3v) is 6.87. The van der Waals surface area contributed by atoms with Gasteiger partial charge in [-0.2, -0.15) is 13.2 Å². The molecule has 0 amide bonds. The van der Waals surface area contributed by atoms with Crippen molar-refractivity contribution in [1.82, 2.24) is 0 Å².